The van der Waals surface area contributed by atoms with Gasteiger partial charge in [-0.1, -0.05) is 11.1 Å². The average Bonchev–Trinajstić information content (AvgIpc) is 1.89. The van der Waals surface area contributed by atoms with Gasteiger partial charge in [0.2, 0.25) is 0 Å². The molecule has 0 rings (SSSR count). The van der Waals surface area contributed by atoms with Gasteiger partial charge in [-0.15, -0.1) is 6.42 Å². The van der Waals surface area contributed by atoms with Gasteiger partial charge < -0.3 is 9.94 Å². The van der Waals surface area contributed by atoms with E-state index in [0.717, 1.165) is 0 Å². The lowest BCUT2D eigenvalue weighted by Crippen LogP contribution is -2.31. The van der Waals surface area contributed by atoms with Crippen molar-refractivity contribution in [2.45, 2.75) is 19.4 Å². The second-order valence-electron chi connectivity index (χ2n) is 2.08. The van der Waals surface area contributed by atoms with Crippen LogP contribution in [0.15, 0.2) is 5.16 Å². The first-order valence-corrected chi connectivity index (χ1v) is 2.83. The summed E-state index contributed by atoms with van der Waals surface area (Å²) in [5, 5.41) is 12.8. The Balaban J connectivity index is 4.36. The molecule has 1 atom stereocenters. The average molecular weight is 141 g/mol. The van der Waals surface area contributed by atoms with Crippen molar-refractivity contribution in [3.05, 3.63) is 0 Å². The maximum absolute atomic E-state index is 9.28. The van der Waals surface area contributed by atoms with E-state index in [-0.39, 0.29) is 0 Å². The Morgan fingerprint density at radius 2 is 2.30 bits per heavy atom. The van der Waals surface area contributed by atoms with Crippen LogP contribution in [-0.2, 0) is 4.84 Å². The van der Waals surface area contributed by atoms with Gasteiger partial charge in [0.25, 0.3) is 0 Å². The van der Waals surface area contributed by atoms with E-state index < -0.39 is 5.60 Å². The number of oxime groups is 1. The third-order valence-electron chi connectivity index (χ3n) is 1.21. The number of aliphatic hydroxyl groups is 1. The minimum absolute atomic E-state index is 0.373. The molecule has 0 aromatic heterocycles. The first kappa shape index (κ1) is 8.99. The van der Waals surface area contributed by atoms with Crippen LogP contribution >= 0.6 is 0 Å². The van der Waals surface area contributed by atoms with Gasteiger partial charge in [0.05, 0.1) is 5.71 Å². The minimum atomic E-state index is -1.30. The number of rotatable bonds is 2. The summed E-state index contributed by atoms with van der Waals surface area (Å²) in [5.41, 5.74) is -0.923. The fourth-order valence-corrected chi connectivity index (χ4v) is 0.330. The van der Waals surface area contributed by atoms with Crippen molar-refractivity contribution in [1.82, 2.24) is 0 Å². The molecule has 10 heavy (non-hydrogen) atoms. The van der Waals surface area contributed by atoms with Crippen molar-refractivity contribution in [2.75, 3.05) is 7.11 Å². The van der Waals surface area contributed by atoms with E-state index in [1.54, 1.807) is 6.92 Å². The summed E-state index contributed by atoms with van der Waals surface area (Å²) in [5.74, 6) is 2.17. The SMILES string of the molecule is C#CC(C)(O)/C(C)=N/OC. The maximum Gasteiger partial charge on any atom is 0.163 e. The van der Waals surface area contributed by atoms with Crippen LogP contribution in [0.2, 0.25) is 0 Å². The maximum atomic E-state index is 9.28. The van der Waals surface area contributed by atoms with Crippen LogP contribution in [0.25, 0.3) is 0 Å². The number of hydrogen-bond donors (Lipinski definition) is 1. The lowest BCUT2D eigenvalue weighted by Gasteiger charge is -2.13. The molecule has 0 saturated heterocycles. The molecule has 0 amide bonds. The predicted octanol–water partition coefficient (Wildman–Crippen LogP) is 0.393. The molecule has 0 radical (unpaired) electrons. The van der Waals surface area contributed by atoms with Gasteiger partial charge in [-0.2, -0.15) is 0 Å². The quantitative estimate of drug-likeness (QED) is 0.343. The van der Waals surface area contributed by atoms with Crippen molar-refractivity contribution < 1.29 is 9.94 Å². The van der Waals surface area contributed by atoms with E-state index in [0.29, 0.717) is 5.71 Å². The monoisotopic (exact) mass is 141 g/mol. The van der Waals surface area contributed by atoms with Gasteiger partial charge in [0.1, 0.15) is 7.11 Å². The van der Waals surface area contributed by atoms with Crippen molar-refractivity contribution in [1.29, 1.82) is 0 Å². The van der Waals surface area contributed by atoms with Gasteiger partial charge in [0, 0.05) is 0 Å². The predicted molar refractivity (Wildman–Crippen MR) is 39.6 cm³/mol. The normalized spacial score (nSPS) is 17.3. The molecule has 1 N–H and O–H groups in total. The number of nitrogens with zero attached hydrogens (tertiary/aromatic N) is 1. The van der Waals surface area contributed by atoms with Gasteiger partial charge in [0.15, 0.2) is 5.60 Å². The second kappa shape index (κ2) is 3.23. The Morgan fingerprint density at radius 3 is 2.60 bits per heavy atom. The minimum Gasteiger partial charge on any atom is -0.399 e. The Kier molecular flexibility index (Phi) is 2.91. The highest BCUT2D eigenvalue weighted by Gasteiger charge is 2.20. The first-order valence-electron chi connectivity index (χ1n) is 2.83. The molecule has 0 saturated carbocycles. The standard InChI is InChI=1S/C7H11NO2/c1-5-7(3,9)6(2)8-10-4/h1,9H,2-4H3/b8-6+. The molecule has 0 bridgehead atoms. The van der Waals surface area contributed by atoms with Gasteiger partial charge in [-0.3, -0.25) is 0 Å². The second-order valence-corrected chi connectivity index (χ2v) is 2.08. The molecule has 0 heterocycles. The zero-order chi connectivity index (χ0) is 8.20. The summed E-state index contributed by atoms with van der Waals surface area (Å²) in [6, 6.07) is 0. The lowest BCUT2D eigenvalue weighted by atomic mass is 10.0. The van der Waals surface area contributed by atoms with Gasteiger partial charge in [-0.25, -0.2) is 0 Å². The third-order valence-corrected chi connectivity index (χ3v) is 1.21. The highest BCUT2D eigenvalue weighted by atomic mass is 16.6. The highest BCUT2D eigenvalue weighted by molar-refractivity contribution is 5.92. The Labute approximate surface area is 60.7 Å². The van der Waals surface area contributed by atoms with E-state index in [4.69, 9.17) is 6.42 Å². The van der Waals surface area contributed by atoms with Gasteiger partial charge in [-0.05, 0) is 13.8 Å². The van der Waals surface area contributed by atoms with E-state index in [2.05, 4.69) is 15.9 Å². The van der Waals surface area contributed by atoms with E-state index in [1.807, 2.05) is 0 Å². The largest absolute Gasteiger partial charge is 0.399 e. The third kappa shape index (κ3) is 2.08. The number of hydrogen-bond acceptors (Lipinski definition) is 3. The molecule has 0 aromatic carbocycles. The summed E-state index contributed by atoms with van der Waals surface area (Å²) >= 11 is 0. The molecular weight excluding hydrogens is 130 g/mol. The molecule has 3 nitrogen and oxygen atoms in total. The van der Waals surface area contributed by atoms with Crippen molar-refractivity contribution in [3.8, 4) is 12.3 Å². The molecule has 0 aromatic rings. The van der Waals surface area contributed by atoms with Crippen LogP contribution in [0.1, 0.15) is 13.8 Å². The smallest absolute Gasteiger partial charge is 0.163 e. The molecule has 56 valence electrons. The van der Waals surface area contributed by atoms with Crippen LogP contribution in [-0.4, -0.2) is 23.5 Å². The summed E-state index contributed by atoms with van der Waals surface area (Å²) < 4.78 is 0. The zero-order valence-electron chi connectivity index (χ0n) is 6.38. The molecule has 1 unspecified atom stereocenters. The Hall–Kier alpha value is -1.01. The summed E-state index contributed by atoms with van der Waals surface area (Å²) in [4.78, 5) is 4.42. The lowest BCUT2D eigenvalue weighted by molar-refractivity contribution is 0.170. The molecule has 0 aliphatic heterocycles. The Bertz CT molecular complexity index is 177. The topological polar surface area (TPSA) is 41.8 Å². The highest BCUT2D eigenvalue weighted by Crippen LogP contribution is 2.03. The fraction of sp³-hybridized carbons (Fsp3) is 0.571. The summed E-state index contributed by atoms with van der Waals surface area (Å²) in [6.45, 7) is 3.08. The van der Waals surface area contributed by atoms with E-state index >= 15 is 0 Å². The van der Waals surface area contributed by atoms with E-state index in [9.17, 15) is 5.11 Å². The summed E-state index contributed by atoms with van der Waals surface area (Å²) in [7, 11) is 1.40. The van der Waals surface area contributed by atoms with E-state index in [1.165, 1.54) is 14.0 Å². The molecule has 0 aliphatic carbocycles. The zero-order valence-corrected chi connectivity index (χ0v) is 6.38. The fourth-order valence-electron chi connectivity index (χ4n) is 0.330. The van der Waals surface area contributed by atoms with Crippen molar-refractivity contribution in [2.24, 2.45) is 5.16 Å². The first-order chi connectivity index (χ1) is 4.54. The number of terminal acetylenes is 1. The van der Waals surface area contributed by atoms with Crippen LogP contribution in [0.5, 0.6) is 0 Å². The van der Waals surface area contributed by atoms with Gasteiger partial charge >= 0.3 is 0 Å². The molecule has 3 heteroatoms. The Morgan fingerprint density at radius 1 is 1.80 bits per heavy atom. The van der Waals surface area contributed by atoms with Crippen LogP contribution < -0.4 is 0 Å². The van der Waals surface area contributed by atoms with Crippen LogP contribution in [0, 0.1) is 12.3 Å². The van der Waals surface area contributed by atoms with Crippen LogP contribution in [0.3, 0.4) is 0 Å². The molecule has 0 fully saturated rings. The molecular formula is C7H11NO2. The molecule has 0 aliphatic rings. The van der Waals surface area contributed by atoms with Crippen molar-refractivity contribution >= 4 is 5.71 Å². The molecule has 0 spiro atoms. The van der Waals surface area contributed by atoms with Crippen molar-refractivity contribution in [3.63, 3.8) is 0 Å². The van der Waals surface area contributed by atoms with Crippen LogP contribution in [0.4, 0.5) is 0 Å². The summed E-state index contributed by atoms with van der Waals surface area (Å²) in [6.07, 6.45) is 5.00.